The molecule has 11 heteroatoms. The van der Waals surface area contributed by atoms with E-state index in [9.17, 15) is 22.8 Å². The second-order valence-electron chi connectivity index (χ2n) is 6.70. The van der Waals surface area contributed by atoms with Crippen molar-refractivity contribution in [3.05, 3.63) is 75.2 Å². The SMILES string of the molecule is Cn1c(-c2cccc(C(F)(F)F)c2)nn(CCNC(=O)NCc2ccc(Cl)cc2)c1=O. The number of carbonyl (C=O) groups is 1. The number of benzene rings is 2. The van der Waals surface area contributed by atoms with Crippen LogP contribution in [0.1, 0.15) is 11.1 Å². The fourth-order valence-electron chi connectivity index (χ4n) is 2.84. The molecule has 0 aliphatic rings. The van der Waals surface area contributed by atoms with Crippen LogP contribution in [-0.2, 0) is 26.3 Å². The third kappa shape index (κ3) is 5.66. The maximum absolute atomic E-state index is 13.0. The minimum absolute atomic E-state index is 0.0556. The van der Waals surface area contributed by atoms with E-state index in [1.54, 1.807) is 24.3 Å². The maximum Gasteiger partial charge on any atom is 0.416 e. The molecule has 0 atom stereocenters. The molecular weight excluding hydrogens is 435 g/mol. The Hall–Kier alpha value is -3.27. The zero-order valence-corrected chi connectivity index (χ0v) is 17.2. The van der Waals surface area contributed by atoms with Gasteiger partial charge in [-0.1, -0.05) is 35.9 Å². The second-order valence-corrected chi connectivity index (χ2v) is 7.14. The minimum Gasteiger partial charge on any atom is -0.336 e. The lowest BCUT2D eigenvalue weighted by Crippen LogP contribution is -2.38. The van der Waals surface area contributed by atoms with E-state index in [0.29, 0.717) is 11.6 Å². The molecule has 0 saturated heterocycles. The van der Waals surface area contributed by atoms with Gasteiger partial charge in [0.05, 0.1) is 12.1 Å². The molecule has 0 spiro atoms. The molecule has 3 aromatic rings. The Morgan fingerprint density at radius 2 is 1.84 bits per heavy atom. The van der Waals surface area contributed by atoms with E-state index in [0.717, 1.165) is 26.9 Å². The van der Waals surface area contributed by atoms with Gasteiger partial charge in [0.15, 0.2) is 5.82 Å². The van der Waals surface area contributed by atoms with E-state index in [1.165, 1.54) is 19.2 Å². The molecule has 7 nitrogen and oxygen atoms in total. The molecule has 0 aliphatic carbocycles. The number of rotatable bonds is 6. The summed E-state index contributed by atoms with van der Waals surface area (Å²) in [4.78, 5) is 24.3. The molecule has 0 aliphatic heterocycles. The molecule has 0 unspecified atom stereocenters. The lowest BCUT2D eigenvalue weighted by Gasteiger charge is -2.08. The quantitative estimate of drug-likeness (QED) is 0.600. The van der Waals surface area contributed by atoms with Crippen molar-refractivity contribution in [1.29, 1.82) is 0 Å². The van der Waals surface area contributed by atoms with E-state index in [2.05, 4.69) is 15.7 Å². The number of hydrogen-bond donors (Lipinski definition) is 2. The number of aromatic nitrogens is 3. The summed E-state index contributed by atoms with van der Waals surface area (Å²) in [6.45, 7) is 0.456. The van der Waals surface area contributed by atoms with Gasteiger partial charge in [-0.25, -0.2) is 14.3 Å². The molecular formula is C20H19ClF3N5O2. The first-order chi connectivity index (χ1) is 14.6. The normalized spacial score (nSPS) is 11.4. The van der Waals surface area contributed by atoms with Crippen LogP contribution in [0.3, 0.4) is 0 Å². The van der Waals surface area contributed by atoms with Crippen LogP contribution >= 0.6 is 11.6 Å². The molecule has 3 rings (SSSR count). The number of alkyl halides is 3. The monoisotopic (exact) mass is 453 g/mol. The van der Waals surface area contributed by atoms with E-state index in [-0.39, 0.29) is 24.5 Å². The molecule has 2 aromatic carbocycles. The first-order valence-corrected chi connectivity index (χ1v) is 9.60. The summed E-state index contributed by atoms with van der Waals surface area (Å²) < 4.78 is 41.1. The largest absolute Gasteiger partial charge is 0.416 e. The number of hydrogen-bond acceptors (Lipinski definition) is 3. The summed E-state index contributed by atoms with van der Waals surface area (Å²) in [7, 11) is 1.42. The Bertz CT molecular complexity index is 1120. The minimum atomic E-state index is -4.50. The van der Waals surface area contributed by atoms with E-state index < -0.39 is 23.5 Å². The van der Waals surface area contributed by atoms with Gasteiger partial charge in [0.2, 0.25) is 0 Å². The fraction of sp³-hybridized carbons (Fsp3) is 0.250. The predicted octanol–water partition coefficient (Wildman–Crippen LogP) is 3.42. The fourth-order valence-corrected chi connectivity index (χ4v) is 2.97. The smallest absolute Gasteiger partial charge is 0.336 e. The summed E-state index contributed by atoms with van der Waals surface area (Å²) in [5.41, 5.74) is -0.296. The van der Waals surface area contributed by atoms with Gasteiger partial charge in [0.1, 0.15) is 0 Å². The van der Waals surface area contributed by atoms with Crippen LogP contribution in [0.5, 0.6) is 0 Å². The first kappa shape index (κ1) is 22.4. The summed E-state index contributed by atoms with van der Waals surface area (Å²) in [6.07, 6.45) is -4.50. The van der Waals surface area contributed by atoms with E-state index >= 15 is 0 Å². The number of nitrogens with one attached hydrogen (secondary N) is 2. The average Bonchev–Trinajstić information content (AvgIpc) is 3.01. The van der Waals surface area contributed by atoms with Gasteiger partial charge < -0.3 is 10.6 Å². The zero-order valence-electron chi connectivity index (χ0n) is 16.4. The van der Waals surface area contributed by atoms with E-state index in [1.807, 2.05) is 0 Å². The lowest BCUT2D eigenvalue weighted by molar-refractivity contribution is -0.137. The molecule has 1 heterocycles. The van der Waals surface area contributed by atoms with Crippen LogP contribution < -0.4 is 16.3 Å². The lowest BCUT2D eigenvalue weighted by atomic mass is 10.1. The van der Waals surface area contributed by atoms with Gasteiger partial charge in [-0.2, -0.15) is 13.2 Å². The third-order valence-corrected chi connectivity index (χ3v) is 4.72. The molecule has 0 radical (unpaired) electrons. The maximum atomic E-state index is 13.0. The number of urea groups is 1. The van der Waals surface area contributed by atoms with Crippen molar-refractivity contribution >= 4 is 17.6 Å². The Kier molecular flexibility index (Phi) is 6.69. The highest BCUT2D eigenvalue weighted by Gasteiger charge is 2.30. The highest BCUT2D eigenvalue weighted by atomic mass is 35.5. The zero-order chi connectivity index (χ0) is 22.6. The summed E-state index contributed by atoms with van der Waals surface area (Å²) in [5.74, 6) is 0.100. The van der Waals surface area contributed by atoms with Crippen LogP contribution in [0, 0.1) is 0 Å². The van der Waals surface area contributed by atoms with Gasteiger partial charge >= 0.3 is 17.9 Å². The van der Waals surface area contributed by atoms with Gasteiger partial charge in [-0.05, 0) is 29.8 Å². The predicted molar refractivity (Wildman–Crippen MR) is 110 cm³/mol. The van der Waals surface area contributed by atoms with Crippen LogP contribution in [-0.4, -0.2) is 26.9 Å². The Labute approximate surface area is 180 Å². The van der Waals surface area contributed by atoms with Crippen molar-refractivity contribution in [3.8, 4) is 11.4 Å². The standard InChI is InChI=1S/C20H19ClF3N5O2/c1-28-17(14-3-2-4-15(11-14)20(22,23)24)27-29(19(28)31)10-9-25-18(30)26-12-13-5-7-16(21)8-6-13/h2-8,11H,9-10,12H2,1H3,(H2,25,26,30). The van der Waals surface area contributed by atoms with Crippen molar-refractivity contribution in [3.63, 3.8) is 0 Å². The Balaban J connectivity index is 1.60. The van der Waals surface area contributed by atoms with Crippen LogP contribution in [0.4, 0.5) is 18.0 Å². The number of carbonyl (C=O) groups excluding carboxylic acids is 1. The van der Waals surface area contributed by atoms with Crippen LogP contribution in [0.2, 0.25) is 5.02 Å². The van der Waals surface area contributed by atoms with Crippen LogP contribution in [0.25, 0.3) is 11.4 Å². The molecule has 31 heavy (non-hydrogen) atoms. The summed E-state index contributed by atoms with van der Waals surface area (Å²) in [5, 5.41) is 9.99. The molecule has 0 fully saturated rings. The highest BCUT2D eigenvalue weighted by Crippen LogP contribution is 2.31. The number of nitrogens with zero attached hydrogens (tertiary/aromatic N) is 3. The van der Waals surface area contributed by atoms with Crippen LogP contribution in [0.15, 0.2) is 53.3 Å². The molecule has 1 aromatic heterocycles. The average molecular weight is 454 g/mol. The molecule has 0 bridgehead atoms. The molecule has 164 valence electrons. The summed E-state index contributed by atoms with van der Waals surface area (Å²) >= 11 is 5.81. The van der Waals surface area contributed by atoms with Crippen molar-refractivity contribution in [1.82, 2.24) is 25.0 Å². The van der Waals surface area contributed by atoms with Crippen molar-refractivity contribution < 1.29 is 18.0 Å². The molecule has 0 saturated carbocycles. The molecule has 2 amide bonds. The topological polar surface area (TPSA) is 81.0 Å². The second kappa shape index (κ2) is 9.25. The van der Waals surface area contributed by atoms with Gasteiger partial charge in [0.25, 0.3) is 0 Å². The van der Waals surface area contributed by atoms with Gasteiger partial charge in [0, 0.05) is 30.7 Å². The molecule has 2 N–H and O–H groups in total. The van der Waals surface area contributed by atoms with Gasteiger partial charge in [-0.3, -0.25) is 4.57 Å². The first-order valence-electron chi connectivity index (χ1n) is 9.23. The Morgan fingerprint density at radius 3 is 2.52 bits per heavy atom. The summed E-state index contributed by atoms with van der Waals surface area (Å²) in [6, 6.07) is 11.2. The third-order valence-electron chi connectivity index (χ3n) is 4.46. The Morgan fingerprint density at radius 1 is 1.13 bits per heavy atom. The van der Waals surface area contributed by atoms with Crippen molar-refractivity contribution in [2.75, 3.05) is 6.54 Å². The van der Waals surface area contributed by atoms with E-state index in [4.69, 9.17) is 11.6 Å². The van der Waals surface area contributed by atoms with Gasteiger partial charge in [-0.15, -0.1) is 5.10 Å². The highest BCUT2D eigenvalue weighted by molar-refractivity contribution is 6.30. The number of halogens is 4. The van der Waals surface area contributed by atoms with Crippen molar-refractivity contribution in [2.24, 2.45) is 7.05 Å². The number of amides is 2. The van der Waals surface area contributed by atoms with Crippen molar-refractivity contribution in [2.45, 2.75) is 19.3 Å².